The molecule has 0 radical (unpaired) electrons. The van der Waals surface area contributed by atoms with E-state index in [0.29, 0.717) is 0 Å². The van der Waals surface area contributed by atoms with Crippen LogP contribution in [0.15, 0.2) is 65.7 Å². The molecule has 30 heavy (non-hydrogen) atoms. The van der Waals surface area contributed by atoms with Crippen LogP contribution in [0.4, 0.5) is 5.95 Å². The lowest BCUT2D eigenvalue weighted by Gasteiger charge is -2.18. The zero-order chi connectivity index (χ0) is 20.5. The van der Waals surface area contributed by atoms with Crippen LogP contribution in [0.2, 0.25) is 0 Å². The molecule has 3 aromatic carbocycles. The minimum absolute atomic E-state index is 0.0491. The van der Waals surface area contributed by atoms with Gasteiger partial charge in [0.05, 0.1) is 0 Å². The molecule has 0 bridgehead atoms. The van der Waals surface area contributed by atoms with E-state index in [1.54, 1.807) is 11.1 Å². The third-order valence-corrected chi connectivity index (χ3v) is 5.62. The molecule has 0 unspecified atom stereocenters. The highest BCUT2D eigenvalue weighted by Gasteiger charge is 2.13. The van der Waals surface area contributed by atoms with Gasteiger partial charge in [0, 0.05) is 12.4 Å². The van der Waals surface area contributed by atoms with E-state index in [4.69, 9.17) is 5.73 Å². The van der Waals surface area contributed by atoms with Gasteiger partial charge in [-0.2, -0.15) is 4.98 Å². The molecular formula is C24H21N5O. The molecule has 0 amide bonds. The third kappa shape index (κ3) is 3.26. The first-order chi connectivity index (χ1) is 14.7. The van der Waals surface area contributed by atoms with E-state index in [-0.39, 0.29) is 22.7 Å². The van der Waals surface area contributed by atoms with Gasteiger partial charge in [0.1, 0.15) is 0 Å². The SMILES string of the molecule is Nc1nc2nccnc2c(=O)[nH]1.c1ccc2c(c1)ccc1c3c(ccc12)CCCC3. The molecule has 5 aromatic rings. The molecule has 1 aliphatic carbocycles. The normalized spacial score (nSPS) is 13.1. The zero-order valence-electron chi connectivity index (χ0n) is 16.4. The van der Waals surface area contributed by atoms with E-state index in [0.717, 1.165) is 0 Å². The molecule has 2 aromatic heterocycles. The van der Waals surface area contributed by atoms with Crippen LogP contribution in [0.3, 0.4) is 0 Å². The van der Waals surface area contributed by atoms with E-state index >= 15 is 0 Å². The fourth-order valence-corrected chi connectivity index (χ4v) is 4.23. The van der Waals surface area contributed by atoms with Crippen LogP contribution in [-0.4, -0.2) is 19.9 Å². The molecule has 0 saturated heterocycles. The van der Waals surface area contributed by atoms with Crippen LogP contribution in [0.25, 0.3) is 32.7 Å². The van der Waals surface area contributed by atoms with Crippen molar-refractivity contribution in [2.45, 2.75) is 25.7 Å². The number of aryl methyl sites for hydroxylation is 2. The third-order valence-electron chi connectivity index (χ3n) is 5.62. The number of nitrogen functional groups attached to an aromatic ring is 1. The molecule has 0 fully saturated rings. The standard InChI is InChI=1S/C18H16.C6H5N5O/c1-3-7-15-13(5-1)9-11-18-16-8-4-2-6-14(16)10-12-17(15)18;7-6-10-4-3(5(12)11-6)8-1-2-9-4/h1,3,5,7,9-12H,2,4,6,8H2;1-2H,(H3,7,9,10,11,12). The Bertz CT molecular complexity index is 1440. The van der Waals surface area contributed by atoms with Gasteiger partial charge in [-0.1, -0.05) is 48.5 Å². The Balaban J connectivity index is 0.000000140. The Morgan fingerprint density at radius 2 is 1.63 bits per heavy atom. The number of aromatic amines is 1. The van der Waals surface area contributed by atoms with Gasteiger partial charge in [-0.3, -0.25) is 9.78 Å². The van der Waals surface area contributed by atoms with Crippen molar-refractivity contribution < 1.29 is 0 Å². The molecule has 1 aliphatic rings. The number of rotatable bonds is 0. The number of hydrogen-bond donors (Lipinski definition) is 2. The van der Waals surface area contributed by atoms with Crippen molar-refractivity contribution in [3.05, 3.63) is 82.4 Å². The Morgan fingerprint density at radius 3 is 2.57 bits per heavy atom. The van der Waals surface area contributed by atoms with Crippen molar-refractivity contribution in [3.63, 3.8) is 0 Å². The summed E-state index contributed by atoms with van der Waals surface area (Å²) in [4.78, 5) is 24.9. The number of nitrogens with two attached hydrogens (primary N) is 1. The number of anilines is 1. The van der Waals surface area contributed by atoms with E-state index < -0.39 is 0 Å². The van der Waals surface area contributed by atoms with E-state index in [1.165, 1.54) is 59.6 Å². The van der Waals surface area contributed by atoms with Crippen LogP contribution in [0, 0.1) is 0 Å². The highest BCUT2D eigenvalue weighted by atomic mass is 16.1. The first kappa shape index (κ1) is 18.2. The maximum Gasteiger partial charge on any atom is 0.280 e. The second kappa shape index (κ2) is 7.55. The van der Waals surface area contributed by atoms with Crippen LogP contribution < -0.4 is 11.3 Å². The molecule has 6 heteroatoms. The van der Waals surface area contributed by atoms with Gasteiger partial charge in [0.25, 0.3) is 5.56 Å². The summed E-state index contributed by atoms with van der Waals surface area (Å²) in [5, 5.41) is 5.64. The van der Waals surface area contributed by atoms with E-state index in [9.17, 15) is 4.79 Å². The van der Waals surface area contributed by atoms with Gasteiger partial charge in [-0.25, -0.2) is 9.97 Å². The maximum atomic E-state index is 11.1. The van der Waals surface area contributed by atoms with Gasteiger partial charge in [0.15, 0.2) is 11.2 Å². The summed E-state index contributed by atoms with van der Waals surface area (Å²) in [7, 11) is 0. The average Bonchev–Trinajstić information content (AvgIpc) is 2.79. The highest BCUT2D eigenvalue weighted by molar-refractivity contribution is 6.08. The van der Waals surface area contributed by atoms with Crippen molar-refractivity contribution in [3.8, 4) is 0 Å². The lowest BCUT2D eigenvalue weighted by atomic mass is 9.86. The van der Waals surface area contributed by atoms with Gasteiger partial charge in [-0.05, 0) is 58.4 Å². The summed E-state index contributed by atoms with van der Waals surface area (Å²) < 4.78 is 0. The molecule has 0 spiro atoms. The van der Waals surface area contributed by atoms with Crippen molar-refractivity contribution in [2.75, 3.05) is 5.73 Å². The molecule has 2 heterocycles. The first-order valence-corrected chi connectivity index (χ1v) is 10.1. The average molecular weight is 395 g/mol. The minimum atomic E-state index is -0.370. The molecule has 0 atom stereocenters. The number of nitrogens with one attached hydrogen (secondary N) is 1. The number of aromatic nitrogens is 4. The molecule has 6 rings (SSSR count). The fourth-order valence-electron chi connectivity index (χ4n) is 4.23. The first-order valence-electron chi connectivity index (χ1n) is 10.1. The quantitative estimate of drug-likeness (QED) is 0.384. The second-order valence-corrected chi connectivity index (χ2v) is 7.47. The van der Waals surface area contributed by atoms with Crippen molar-refractivity contribution in [1.82, 2.24) is 19.9 Å². The number of hydrogen-bond acceptors (Lipinski definition) is 5. The number of benzene rings is 3. The summed E-state index contributed by atoms with van der Waals surface area (Å²) in [6.45, 7) is 0. The second-order valence-electron chi connectivity index (χ2n) is 7.47. The highest BCUT2D eigenvalue weighted by Crippen LogP contribution is 2.33. The monoisotopic (exact) mass is 395 g/mol. The Hall–Kier alpha value is -3.80. The van der Waals surface area contributed by atoms with Gasteiger partial charge < -0.3 is 5.73 Å². The van der Waals surface area contributed by atoms with Crippen LogP contribution >= 0.6 is 0 Å². The largest absolute Gasteiger partial charge is 0.369 e. The summed E-state index contributed by atoms with van der Waals surface area (Å²) in [5.74, 6) is 0.0491. The number of fused-ring (bicyclic) bond motifs is 6. The van der Waals surface area contributed by atoms with E-state index in [1.807, 2.05) is 0 Å². The fraction of sp³-hybridized carbons (Fsp3) is 0.167. The summed E-state index contributed by atoms with van der Waals surface area (Å²) in [5.41, 5.74) is 8.56. The summed E-state index contributed by atoms with van der Waals surface area (Å²) in [6.07, 6.45) is 8.10. The van der Waals surface area contributed by atoms with Gasteiger partial charge in [0.2, 0.25) is 5.95 Å². The predicted molar refractivity (Wildman–Crippen MR) is 120 cm³/mol. The molecule has 0 aliphatic heterocycles. The lowest BCUT2D eigenvalue weighted by Crippen LogP contribution is -2.12. The maximum absolute atomic E-state index is 11.1. The number of nitrogens with zero attached hydrogens (tertiary/aromatic N) is 3. The van der Waals surface area contributed by atoms with E-state index in [2.05, 4.69) is 68.5 Å². The molecule has 148 valence electrons. The smallest absolute Gasteiger partial charge is 0.280 e. The van der Waals surface area contributed by atoms with Crippen LogP contribution in [0.1, 0.15) is 24.0 Å². The molecular weight excluding hydrogens is 374 g/mol. The Labute approximate surface area is 172 Å². The predicted octanol–water partition coefficient (Wildman–Crippen LogP) is 4.17. The Morgan fingerprint density at radius 1 is 0.833 bits per heavy atom. The topological polar surface area (TPSA) is 97.5 Å². The van der Waals surface area contributed by atoms with Crippen LogP contribution in [0.5, 0.6) is 0 Å². The molecule has 3 N–H and O–H groups in total. The van der Waals surface area contributed by atoms with Crippen molar-refractivity contribution >= 4 is 38.7 Å². The zero-order valence-corrected chi connectivity index (χ0v) is 16.4. The summed E-state index contributed by atoms with van der Waals surface area (Å²) >= 11 is 0. The van der Waals surface area contributed by atoms with Crippen molar-refractivity contribution in [1.29, 1.82) is 0 Å². The van der Waals surface area contributed by atoms with Gasteiger partial charge in [-0.15, -0.1) is 0 Å². The molecule has 0 saturated carbocycles. The van der Waals surface area contributed by atoms with Crippen LogP contribution in [-0.2, 0) is 12.8 Å². The number of H-pyrrole nitrogens is 1. The Kier molecular flexibility index (Phi) is 4.59. The van der Waals surface area contributed by atoms with Crippen molar-refractivity contribution in [2.24, 2.45) is 0 Å². The lowest BCUT2D eigenvalue weighted by molar-refractivity contribution is 0.690. The van der Waals surface area contributed by atoms with Gasteiger partial charge >= 0.3 is 0 Å². The minimum Gasteiger partial charge on any atom is -0.369 e. The molecule has 6 nitrogen and oxygen atoms in total. The summed E-state index contributed by atoms with van der Waals surface area (Å²) in [6, 6.07) is 18.0.